The normalized spacial score (nSPS) is 15.8. The molecule has 4 aromatic carbocycles. The number of amidine groups is 1. The molecule has 0 radical (unpaired) electrons. The molecule has 4 aromatic rings. The van der Waals surface area contributed by atoms with Gasteiger partial charge in [0.15, 0.2) is 11.6 Å². The van der Waals surface area contributed by atoms with Gasteiger partial charge in [0.05, 0.1) is 12.1 Å². The standard InChI is InChI=1S/C16H14BrClN2O2.C15H12BrClO/c1-21-14-6-5-11(8-13(14)18)16(9-22-15(19)20-16)10-3-2-4-12(17)7-10;1-11(12-4-2-6-14(16)8-12)13-5-3-7-15(9-13)18-10-17/h2-8H,9H2,1H3,(H2,19,20);2-9H,1,10H2. The van der Waals surface area contributed by atoms with Crippen molar-refractivity contribution in [2.45, 2.75) is 5.54 Å². The van der Waals surface area contributed by atoms with Gasteiger partial charge in [0.2, 0.25) is 0 Å². The Kier molecular flexibility index (Phi) is 10.2. The number of nitrogens with two attached hydrogens (primary N) is 1. The van der Waals surface area contributed by atoms with Crippen molar-refractivity contribution in [2.24, 2.45) is 10.7 Å². The molecule has 1 heterocycles. The van der Waals surface area contributed by atoms with Crippen molar-refractivity contribution in [3.05, 3.63) is 134 Å². The van der Waals surface area contributed by atoms with E-state index in [1.54, 1.807) is 7.11 Å². The molecule has 9 heteroatoms. The van der Waals surface area contributed by atoms with Crippen molar-refractivity contribution >= 4 is 66.7 Å². The Morgan fingerprint density at radius 3 is 2.20 bits per heavy atom. The van der Waals surface area contributed by atoms with Gasteiger partial charge in [-0.2, -0.15) is 0 Å². The van der Waals surface area contributed by atoms with E-state index < -0.39 is 5.54 Å². The molecule has 40 heavy (non-hydrogen) atoms. The summed E-state index contributed by atoms with van der Waals surface area (Å²) in [7, 11) is 1.58. The van der Waals surface area contributed by atoms with Crippen LogP contribution in [0.25, 0.3) is 5.57 Å². The molecule has 0 saturated heterocycles. The summed E-state index contributed by atoms with van der Waals surface area (Å²) < 4.78 is 17.9. The summed E-state index contributed by atoms with van der Waals surface area (Å²) in [5.74, 6) is 1.37. The van der Waals surface area contributed by atoms with E-state index in [0.717, 1.165) is 42.5 Å². The van der Waals surface area contributed by atoms with Crippen LogP contribution in [0.5, 0.6) is 11.5 Å². The molecule has 206 valence electrons. The molecule has 5 nitrogen and oxygen atoms in total. The van der Waals surface area contributed by atoms with Crippen molar-refractivity contribution in [3.63, 3.8) is 0 Å². The summed E-state index contributed by atoms with van der Waals surface area (Å²) >= 11 is 18.8. The van der Waals surface area contributed by atoms with E-state index in [1.807, 2.05) is 91.0 Å². The van der Waals surface area contributed by atoms with Crippen molar-refractivity contribution in [1.82, 2.24) is 0 Å². The Hall–Kier alpha value is -2.97. The van der Waals surface area contributed by atoms with Gasteiger partial charge in [0.25, 0.3) is 6.02 Å². The third kappa shape index (κ3) is 7.02. The molecule has 5 rings (SSSR count). The van der Waals surface area contributed by atoms with Crippen LogP contribution in [0.2, 0.25) is 5.02 Å². The van der Waals surface area contributed by atoms with Gasteiger partial charge in [-0.15, -0.1) is 0 Å². The molecule has 0 aromatic heterocycles. The fourth-order valence-electron chi connectivity index (χ4n) is 4.24. The van der Waals surface area contributed by atoms with Gasteiger partial charge in [-0.05, 0) is 76.4 Å². The van der Waals surface area contributed by atoms with Crippen LogP contribution in [0.3, 0.4) is 0 Å². The molecule has 0 fully saturated rings. The molecule has 1 atom stereocenters. The zero-order valence-corrected chi connectivity index (χ0v) is 26.2. The Morgan fingerprint density at radius 1 is 0.950 bits per heavy atom. The predicted molar refractivity (Wildman–Crippen MR) is 171 cm³/mol. The predicted octanol–water partition coefficient (Wildman–Crippen LogP) is 8.79. The molecule has 0 amide bonds. The van der Waals surface area contributed by atoms with Crippen LogP contribution in [-0.2, 0) is 10.3 Å². The van der Waals surface area contributed by atoms with E-state index >= 15 is 0 Å². The van der Waals surface area contributed by atoms with E-state index in [4.69, 9.17) is 43.1 Å². The van der Waals surface area contributed by atoms with Crippen molar-refractivity contribution in [3.8, 4) is 11.5 Å². The Labute approximate surface area is 260 Å². The van der Waals surface area contributed by atoms with Crippen LogP contribution in [-0.4, -0.2) is 25.8 Å². The summed E-state index contributed by atoms with van der Waals surface area (Å²) in [5.41, 5.74) is 10.0. The third-order valence-corrected chi connectivity index (χ3v) is 7.63. The van der Waals surface area contributed by atoms with E-state index in [9.17, 15) is 0 Å². The molecule has 1 aliphatic heterocycles. The highest BCUT2D eigenvalue weighted by molar-refractivity contribution is 9.10. The van der Waals surface area contributed by atoms with E-state index in [1.165, 1.54) is 0 Å². The maximum Gasteiger partial charge on any atom is 0.283 e. The fourth-order valence-corrected chi connectivity index (χ4v) is 5.42. The van der Waals surface area contributed by atoms with Crippen LogP contribution < -0.4 is 15.2 Å². The summed E-state index contributed by atoms with van der Waals surface area (Å²) in [6, 6.07) is 29.6. The number of halogens is 4. The lowest BCUT2D eigenvalue weighted by atomic mass is 9.84. The smallest absolute Gasteiger partial charge is 0.283 e. The lowest BCUT2D eigenvalue weighted by Gasteiger charge is -2.26. The summed E-state index contributed by atoms with van der Waals surface area (Å²) in [6.45, 7) is 4.46. The minimum absolute atomic E-state index is 0.146. The lowest BCUT2D eigenvalue weighted by Crippen LogP contribution is -2.27. The maximum absolute atomic E-state index is 6.27. The molecular weight excluding hydrogens is 679 g/mol. The second kappa shape index (κ2) is 13.6. The van der Waals surface area contributed by atoms with E-state index in [2.05, 4.69) is 43.4 Å². The van der Waals surface area contributed by atoms with E-state index in [0.29, 0.717) is 17.4 Å². The number of alkyl halides is 1. The van der Waals surface area contributed by atoms with Gasteiger partial charge in [-0.25, -0.2) is 4.99 Å². The molecule has 0 aliphatic carbocycles. The first-order valence-electron chi connectivity index (χ1n) is 12.1. The SMILES string of the molecule is C=C(c1cccc(Br)c1)c1cccc(OCCl)c1.COc1ccc(C2(c3cccc(Br)c3)COC(N)=N2)cc1Cl. The number of rotatable bonds is 7. The lowest BCUT2D eigenvalue weighted by molar-refractivity contribution is 0.278. The third-order valence-electron chi connectivity index (χ3n) is 6.24. The number of nitrogens with zero attached hydrogens (tertiary/aromatic N) is 1. The number of methoxy groups -OCH3 is 1. The first-order chi connectivity index (χ1) is 19.3. The zero-order valence-electron chi connectivity index (χ0n) is 21.5. The highest BCUT2D eigenvalue weighted by atomic mass is 79.9. The Morgan fingerprint density at radius 2 is 1.60 bits per heavy atom. The minimum Gasteiger partial charge on any atom is -0.495 e. The first kappa shape index (κ1) is 30.0. The van der Waals surface area contributed by atoms with Crippen LogP contribution in [0.1, 0.15) is 22.3 Å². The number of hydrogen-bond donors (Lipinski definition) is 1. The maximum atomic E-state index is 6.27. The monoisotopic (exact) mass is 702 g/mol. The van der Waals surface area contributed by atoms with E-state index in [-0.39, 0.29) is 12.1 Å². The summed E-state index contributed by atoms with van der Waals surface area (Å²) in [4.78, 5) is 4.55. The topological polar surface area (TPSA) is 66.1 Å². The van der Waals surface area contributed by atoms with Crippen molar-refractivity contribution in [1.29, 1.82) is 0 Å². The first-order valence-corrected chi connectivity index (χ1v) is 14.6. The largest absolute Gasteiger partial charge is 0.495 e. The second-order valence-corrected chi connectivity index (χ2v) is 11.2. The Balaban J connectivity index is 0.000000189. The van der Waals surface area contributed by atoms with Gasteiger partial charge >= 0.3 is 0 Å². The number of benzene rings is 4. The molecule has 1 aliphatic rings. The Bertz CT molecular complexity index is 1550. The van der Waals surface area contributed by atoms with Crippen molar-refractivity contribution in [2.75, 3.05) is 19.8 Å². The molecular formula is C31H26Br2Cl2N2O3. The van der Waals surface area contributed by atoms with Gasteiger partial charge in [0.1, 0.15) is 18.1 Å². The quantitative estimate of drug-likeness (QED) is 0.195. The van der Waals surface area contributed by atoms with Gasteiger partial charge < -0.3 is 19.9 Å². The average Bonchev–Trinajstić information content (AvgIpc) is 3.36. The molecule has 0 spiro atoms. The van der Waals surface area contributed by atoms with Crippen LogP contribution in [0.4, 0.5) is 0 Å². The molecule has 0 bridgehead atoms. The number of aliphatic imine (C=N–C) groups is 1. The number of hydrogen-bond acceptors (Lipinski definition) is 5. The van der Waals surface area contributed by atoms with Gasteiger partial charge in [-0.3, -0.25) is 0 Å². The molecule has 0 saturated carbocycles. The van der Waals surface area contributed by atoms with Gasteiger partial charge in [0, 0.05) is 8.95 Å². The van der Waals surface area contributed by atoms with Gasteiger partial charge in [-0.1, -0.05) is 104 Å². The zero-order chi connectivity index (χ0) is 28.7. The van der Waals surface area contributed by atoms with Crippen LogP contribution >= 0.6 is 55.1 Å². The van der Waals surface area contributed by atoms with Crippen LogP contribution in [0.15, 0.2) is 112 Å². The minimum atomic E-state index is -0.705. The average molecular weight is 705 g/mol. The van der Waals surface area contributed by atoms with Crippen molar-refractivity contribution < 1.29 is 14.2 Å². The number of ether oxygens (including phenoxy) is 3. The highest BCUT2D eigenvalue weighted by Crippen LogP contribution is 2.40. The second-order valence-electron chi connectivity index (χ2n) is 8.73. The summed E-state index contributed by atoms with van der Waals surface area (Å²) in [6.07, 6.45) is 0. The summed E-state index contributed by atoms with van der Waals surface area (Å²) in [5, 5.41) is 0.523. The molecule has 1 unspecified atom stereocenters. The highest BCUT2D eigenvalue weighted by Gasteiger charge is 2.40. The van der Waals surface area contributed by atoms with Crippen LogP contribution in [0, 0.1) is 0 Å². The fraction of sp³-hybridized carbons (Fsp3) is 0.129. The molecule has 2 N–H and O–H groups in total.